The van der Waals surface area contributed by atoms with Crippen molar-refractivity contribution in [1.82, 2.24) is 0 Å². The third-order valence-corrected chi connectivity index (χ3v) is 4.13. The van der Waals surface area contributed by atoms with Gasteiger partial charge in [0.2, 0.25) is 5.91 Å². The van der Waals surface area contributed by atoms with Crippen LogP contribution in [0.15, 0.2) is 48.5 Å². The zero-order valence-corrected chi connectivity index (χ0v) is 14.6. The number of nitrogens with one attached hydrogen (secondary N) is 2. The first-order valence-corrected chi connectivity index (χ1v) is 8.24. The first kappa shape index (κ1) is 19.8. The maximum Gasteiger partial charge on any atom is 0.416 e. The van der Waals surface area contributed by atoms with E-state index < -0.39 is 29.6 Å². The molecule has 2 rings (SSSR count). The molecule has 0 fully saturated rings. The Kier molecular flexibility index (Phi) is 6.26. The molecule has 0 aliphatic rings. The number of carbonyl (C=O) groups excluding carboxylic acids is 1. The van der Waals surface area contributed by atoms with Gasteiger partial charge in [-0.15, -0.1) is 0 Å². The molecule has 0 spiro atoms. The molecule has 0 aliphatic carbocycles. The van der Waals surface area contributed by atoms with E-state index in [9.17, 15) is 18.0 Å². The first-order valence-electron chi connectivity index (χ1n) is 8.24. The number of carbonyl (C=O) groups is 1. The van der Waals surface area contributed by atoms with Crippen LogP contribution in [0, 0.1) is 5.92 Å². The minimum atomic E-state index is -4.50. The highest BCUT2D eigenvalue weighted by molar-refractivity contribution is 5.96. The lowest BCUT2D eigenvalue weighted by molar-refractivity contribution is -0.137. The second-order valence-corrected chi connectivity index (χ2v) is 6.23. The zero-order valence-electron chi connectivity index (χ0n) is 14.6. The highest BCUT2D eigenvalue weighted by Gasteiger charge is 2.31. The molecule has 0 saturated carbocycles. The van der Waals surface area contributed by atoms with Gasteiger partial charge in [0.05, 0.1) is 22.9 Å². The summed E-state index contributed by atoms with van der Waals surface area (Å²) in [6, 6.07) is 12.2. The molecule has 2 unspecified atom stereocenters. The van der Waals surface area contributed by atoms with Crippen molar-refractivity contribution in [3.05, 3.63) is 59.7 Å². The van der Waals surface area contributed by atoms with Gasteiger partial charge < -0.3 is 16.4 Å². The van der Waals surface area contributed by atoms with Gasteiger partial charge >= 0.3 is 6.18 Å². The molecule has 4 N–H and O–H groups in total. The Morgan fingerprint density at radius 1 is 1.08 bits per heavy atom. The standard InChI is InChI=1S/C19H22F3N3O/c1-12(13(2)23)18(26)25-17-10-15(19(20,21)22)8-9-16(17)24-11-14-6-4-3-5-7-14/h3-10,12-13,24H,11,23H2,1-2H3,(H,25,26). The number of alkyl halides is 3. The number of hydrogen-bond acceptors (Lipinski definition) is 3. The molecule has 4 nitrogen and oxygen atoms in total. The van der Waals surface area contributed by atoms with Crippen molar-refractivity contribution in [1.29, 1.82) is 0 Å². The Hall–Kier alpha value is -2.54. The summed E-state index contributed by atoms with van der Waals surface area (Å²) in [5, 5.41) is 5.63. The van der Waals surface area contributed by atoms with Gasteiger partial charge in [0.15, 0.2) is 0 Å². The van der Waals surface area contributed by atoms with Crippen LogP contribution in [-0.2, 0) is 17.5 Å². The molecule has 2 atom stereocenters. The second kappa shape index (κ2) is 8.23. The highest BCUT2D eigenvalue weighted by Crippen LogP contribution is 2.34. The van der Waals surface area contributed by atoms with Crippen LogP contribution in [0.5, 0.6) is 0 Å². The number of amides is 1. The predicted octanol–water partition coefficient (Wildman–Crippen LogP) is 4.24. The van der Waals surface area contributed by atoms with Crippen LogP contribution in [0.1, 0.15) is 25.0 Å². The summed E-state index contributed by atoms with van der Waals surface area (Å²) >= 11 is 0. The first-order chi connectivity index (χ1) is 12.2. The fraction of sp³-hybridized carbons (Fsp3) is 0.316. The minimum absolute atomic E-state index is 0.0771. The van der Waals surface area contributed by atoms with E-state index in [-0.39, 0.29) is 5.69 Å². The van der Waals surface area contributed by atoms with Gasteiger partial charge in [-0.05, 0) is 30.7 Å². The van der Waals surface area contributed by atoms with E-state index in [1.165, 1.54) is 6.07 Å². The number of anilines is 2. The summed E-state index contributed by atoms with van der Waals surface area (Å²) < 4.78 is 39.1. The van der Waals surface area contributed by atoms with Gasteiger partial charge in [0.1, 0.15) is 0 Å². The van der Waals surface area contributed by atoms with Crippen molar-refractivity contribution in [2.24, 2.45) is 11.7 Å². The molecule has 0 heterocycles. The lowest BCUT2D eigenvalue weighted by atomic mass is 10.0. The van der Waals surface area contributed by atoms with E-state index >= 15 is 0 Å². The van der Waals surface area contributed by atoms with Gasteiger partial charge in [0.25, 0.3) is 0 Å². The quantitative estimate of drug-likeness (QED) is 0.717. The number of hydrogen-bond donors (Lipinski definition) is 3. The number of nitrogens with two attached hydrogens (primary N) is 1. The fourth-order valence-electron chi connectivity index (χ4n) is 2.26. The van der Waals surface area contributed by atoms with Crippen molar-refractivity contribution in [2.45, 2.75) is 32.6 Å². The summed E-state index contributed by atoms with van der Waals surface area (Å²) in [6.07, 6.45) is -4.50. The lowest BCUT2D eigenvalue weighted by Gasteiger charge is -2.19. The fourth-order valence-corrected chi connectivity index (χ4v) is 2.26. The molecule has 140 valence electrons. The van der Waals surface area contributed by atoms with Crippen LogP contribution >= 0.6 is 0 Å². The SMILES string of the molecule is CC(N)C(C)C(=O)Nc1cc(C(F)(F)F)ccc1NCc1ccccc1. The van der Waals surface area contributed by atoms with Gasteiger partial charge in [-0.2, -0.15) is 13.2 Å². The van der Waals surface area contributed by atoms with Crippen LogP contribution < -0.4 is 16.4 Å². The number of rotatable bonds is 6. The maximum absolute atomic E-state index is 13.0. The Balaban J connectivity index is 2.26. The smallest absolute Gasteiger partial charge is 0.379 e. The molecular formula is C19H22F3N3O. The van der Waals surface area contributed by atoms with E-state index in [1.807, 2.05) is 30.3 Å². The number of benzene rings is 2. The Morgan fingerprint density at radius 3 is 2.31 bits per heavy atom. The van der Waals surface area contributed by atoms with Crippen molar-refractivity contribution < 1.29 is 18.0 Å². The molecule has 2 aromatic rings. The molecule has 0 aromatic heterocycles. The molecule has 0 saturated heterocycles. The summed E-state index contributed by atoms with van der Waals surface area (Å²) in [4.78, 5) is 12.2. The largest absolute Gasteiger partial charge is 0.416 e. The van der Waals surface area contributed by atoms with E-state index in [1.54, 1.807) is 13.8 Å². The van der Waals surface area contributed by atoms with Crippen LogP contribution in [0.4, 0.5) is 24.5 Å². The Morgan fingerprint density at radius 2 is 1.73 bits per heavy atom. The highest BCUT2D eigenvalue weighted by atomic mass is 19.4. The minimum Gasteiger partial charge on any atom is -0.379 e. The molecule has 26 heavy (non-hydrogen) atoms. The van der Waals surface area contributed by atoms with Crippen molar-refractivity contribution in [3.8, 4) is 0 Å². The summed E-state index contributed by atoms with van der Waals surface area (Å²) in [5.41, 5.74) is 6.33. The summed E-state index contributed by atoms with van der Waals surface area (Å²) in [6.45, 7) is 3.72. The van der Waals surface area contributed by atoms with Crippen LogP contribution in [0.25, 0.3) is 0 Å². The molecular weight excluding hydrogens is 343 g/mol. The van der Waals surface area contributed by atoms with Gasteiger partial charge in [-0.3, -0.25) is 4.79 Å². The molecule has 0 bridgehead atoms. The second-order valence-electron chi connectivity index (χ2n) is 6.23. The van der Waals surface area contributed by atoms with Crippen LogP contribution in [-0.4, -0.2) is 11.9 Å². The lowest BCUT2D eigenvalue weighted by Crippen LogP contribution is -2.34. The zero-order chi connectivity index (χ0) is 19.3. The summed E-state index contributed by atoms with van der Waals surface area (Å²) in [7, 11) is 0. The Labute approximate surface area is 150 Å². The van der Waals surface area contributed by atoms with Gasteiger partial charge in [0, 0.05) is 12.6 Å². The van der Waals surface area contributed by atoms with Crippen LogP contribution in [0.3, 0.4) is 0 Å². The molecule has 2 aromatic carbocycles. The van der Waals surface area contributed by atoms with E-state index in [2.05, 4.69) is 10.6 Å². The van der Waals surface area contributed by atoms with Crippen molar-refractivity contribution >= 4 is 17.3 Å². The number of halogens is 3. The Bertz CT molecular complexity index is 745. The predicted molar refractivity (Wildman–Crippen MR) is 96.7 cm³/mol. The average Bonchev–Trinajstić information content (AvgIpc) is 2.59. The molecule has 7 heteroatoms. The summed E-state index contributed by atoms with van der Waals surface area (Å²) in [5.74, 6) is -0.964. The molecule has 1 amide bonds. The molecule has 0 radical (unpaired) electrons. The maximum atomic E-state index is 13.0. The van der Waals surface area contributed by atoms with Crippen molar-refractivity contribution in [3.63, 3.8) is 0 Å². The molecule has 0 aliphatic heterocycles. The van der Waals surface area contributed by atoms with E-state index in [0.717, 1.165) is 17.7 Å². The third-order valence-electron chi connectivity index (χ3n) is 4.13. The third kappa shape index (κ3) is 5.23. The van der Waals surface area contributed by atoms with E-state index in [4.69, 9.17) is 5.73 Å². The van der Waals surface area contributed by atoms with Crippen molar-refractivity contribution in [2.75, 3.05) is 10.6 Å². The van der Waals surface area contributed by atoms with Crippen LogP contribution in [0.2, 0.25) is 0 Å². The average molecular weight is 365 g/mol. The topological polar surface area (TPSA) is 67.2 Å². The van der Waals surface area contributed by atoms with Gasteiger partial charge in [-0.1, -0.05) is 37.3 Å². The van der Waals surface area contributed by atoms with E-state index in [0.29, 0.717) is 12.2 Å². The normalized spacial score (nSPS) is 13.8. The van der Waals surface area contributed by atoms with Gasteiger partial charge in [-0.25, -0.2) is 0 Å². The monoisotopic (exact) mass is 365 g/mol.